The highest BCUT2D eigenvalue weighted by Gasteiger charge is 2.13. The van der Waals surface area contributed by atoms with E-state index in [-0.39, 0.29) is 28.2 Å². The van der Waals surface area contributed by atoms with Crippen molar-refractivity contribution in [3.63, 3.8) is 0 Å². The summed E-state index contributed by atoms with van der Waals surface area (Å²) in [7, 11) is 0. The zero-order chi connectivity index (χ0) is 22.4. The van der Waals surface area contributed by atoms with Crippen molar-refractivity contribution in [3.05, 3.63) is 87.9 Å². The molecule has 0 saturated carbocycles. The van der Waals surface area contributed by atoms with Crippen LogP contribution >= 0.6 is 35.0 Å². The van der Waals surface area contributed by atoms with Gasteiger partial charge in [-0.1, -0.05) is 41.4 Å². The van der Waals surface area contributed by atoms with Crippen LogP contribution in [0, 0.1) is 0 Å². The van der Waals surface area contributed by atoms with E-state index in [9.17, 15) is 14.4 Å². The quantitative estimate of drug-likeness (QED) is 0.416. The lowest BCUT2D eigenvalue weighted by atomic mass is 10.1. The van der Waals surface area contributed by atoms with Crippen molar-refractivity contribution >= 4 is 64.1 Å². The van der Waals surface area contributed by atoms with Crippen LogP contribution in [0.4, 0.5) is 11.4 Å². The van der Waals surface area contributed by atoms with Gasteiger partial charge in [-0.2, -0.15) is 0 Å². The number of amides is 3. The number of halogens is 2. The molecule has 0 fully saturated rings. The zero-order valence-corrected chi connectivity index (χ0v) is 18.4. The summed E-state index contributed by atoms with van der Waals surface area (Å²) in [6.45, 7) is 0. The number of nitrogens with two attached hydrogens (primary N) is 1. The second-order valence-electron chi connectivity index (χ2n) is 6.35. The van der Waals surface area contributed by atoms with Gasteiger partial charge < -0.3 is 16.4 Å². The fraction of sp³-hybridized carbons (Fsp3) is 0.0455. The molecule has 0 bridgehead atoms. The Kier molecular flexibility index (Phi) is 7.57. The monoisotopic (exact) mass is 473 g/mol. The first kappa shape index (κ1) is 22.7. The molecule has 3 amide bonds. The Hall–Kier alpha value is -3.00. The first-order valence-corrected chi connectivity index (χ1v) is 10.8. The molecule has 6 nitrogen and oxygen atoms in total. The van der Waals surface area contributed by atoms with Crippen LogP contribution in [0.3, 0.4) is 0 Å². The van der Waals surface area contributed by atoms with E-state index in [1.54, 1.807) is 54.6 Å². The minimum atomic E-state index is -0.618. The van der Waals surface area contributed by atoms with Crippen molar-refractivity contribution < 1.29 is 14.4 Å². The Labute approximate surface area is 193 Å². The maximum absolute atomic E-state index is 12.5. The average molecular weight is 474 g/mol. The highest BCUT2D eigenvalue weighted by atomic mass is 35.5. The molecule has 158 valence electrons. The van der Waals surface area contributed by atoms with Crippen LogP contribution in [0.15, 0.2) is 71.6 Å². The van der Waals surface area contributed by atoms with Gasteiger partial charge >= 0.3 is 0 Å². The lowest BCUT2D eigenvalue weighted by Gasteiger charge is -2.10. The van der Waals surface area contributed by atoms with Crippen LogP contribution < -0.4 is 16.4 Å². The SMILES string of the molecule is NC(=O)c1ccccc1NC(=O)CSc1cccc(NC(=O)c2ccc(Cl)cc2Cl)c1. The number of nitrogens with one attached hydrogen (secondary N) is 2. The Morgan fingerprint density at radius 2 is 1.65 bits per heavy atom. The molecule has 4 N–H and O–H groups in total. The molecule has 9 heteroatoms. The van der Waals surface area contributed by atoms with Gasteiger partial charge in [-0.05, 0) is 48.5 Å². The third kappa shape index (κ3) is 6.24. The van der Waals surface area contributed by atoms with Crippen LogP contribution in [0.2, 0.25) is 10.0 Å². The summed E-state index contributed by atoms with van der Waals surface area (Å²) in [5, 5.41) is 6.15. The number of thioether (sulfide) groups is 1. The van der Waals surface area contributed by atoms with E-state index in [1.165, 1.54) is 17.8 Å². The van der Waals surface area contributed by atoms with Gasteiger partial charge in [0.15, 0.2) is 0 Å². The fourth-order valence-corrected chi connectivity index (χ4v) is 3.93. The van der Waals surface area contributed by atoms with Gasteiger partial charge in [0.25, 0.3) is 11.8 Å². The van der Waals surface area contributed by atoms with Gasteiger partial charge in [-0.25, -0.2) is 0 Å². The summed E-state index contributed by atoms with van der Waals surface area (Å²) in [5.41, 5.74) is 6.79. The third-order valence-corrected chi connectivity index (χ3v) is 5.65. The van der Waals surface area contributed by atoms with Gasteiger partial charge in [0.2, 0.25) is 5.91 Å². The van der Waals surface area contributed by atoms with E-state index < -0.39 is 5.91 Å². The Morgan fingerprint density at radius 1 is 0.871 bits per heavy atom. The standard InChI is InChI=1S/C22H17Cl2N3O3S/c23-13-8-9-16(18(24)10-13)22(30)26-14-4-3-5-15(11-14)31-12-20(28)27-19-7-2-1-6-17(19)21(25)29/h1-11H,12H2,(H2,25,29)(H,26,30)(H,27,28). The molecule has 3 rings (SSSR count). The van der Waals surface area contributed by atoms with Gasteiger partial charge in [-0.3, -0.25) is 14.4 Å². The Morgan fingerprint density at radius 3 is 2.39 bits per heavy atom. The molecule has 0 saturated heterocycles. The lowest BCUT2D eigenvalue weighted by Crippen LogP contribution is -2.19. The van der Waals surface area contributed by atoms with E-state index >= 15 is 0 Å². The van der Waals surface area contributed by atoms with Crippen molar-refractivity contribution in [2.45, 2.75) is 4.90 Å². The van der Waals surface area contributed by atoms with E-state index in [0.717, 1.165) is 4.90 Å². The summed E-state index contributed by atoms with van der Waals surface area (Å²) in [6.07, 6.45) is 0. The first-order valence-electron chi connectivity index (χ1n) is 9.01. The molecule has 0 radical (unpaired) electrons. The number of carbonyl (C=O) groups excluding carboxylic acids is 3. The fourth-order valence-electron chi connectivity index (χ4n) is 2.68. The van der Waals surface area contributed by atoms with E-state index in [4.69, 9.17) is 28.9 Å². The first-order chi connectivity index (χ1) is 14.8. The zero-order valence-electron chi connectivity index (χ0n) is 16.0. The normalized spacial score (nSPS) is 10.4. The molecule has 0 atom stereocenters. The molecule has 0 spiro atoms. The molecule has 0 unspecified atom stereocenters. The largest absolute Gasteiger partial charge is 0.366 e. The van der Waals surface area contributed by atoms with Gasteiger partial charge in [0.1, 0.15) is 0 Å². The number of para-hydroxylation sites is 1. The predicted molar refractivity (Wildman–Crippen MR) is 125 cm³/mol. The molecule has 0 aliphatic rings. The molecule has 31 heavy (non-hydrogen) atoms. The average Bonchev–Trinajstić information content (AvgIpc) is 2.72. The summed E-state index contributed by atoms with van der Waals surface area (Å²) in [5.74, 6) is -1.17. The number of rotatable bonds is 7. The third-order valence-electron chi connectivity index (χ3n) is 4.10. The van der Waals surface area contributed by atoms with Crippen molar-refractivity contribution in [1.29, 1.82) is 0 Å². The molecule has 0 heterocycles. The number of benzene rings is 3. The van der Waals surface area contributed by atoms with Crippen LogP contribution in [-0.2, 0) is 4.79 Å². The van der Waals surface area contributed by atoms with Crippen molar-refractivity contribution in [2.75, 3.05) is 16.4 Å². The summed E-state index contributed by atoms with van der Waals surface area (Å²) < 4.78 is 0. The second-order valence-corrected chi connectivity index (χ2v) is 8.25. The van der Waals surface area contributed by atoms with Crippen molar-refractivity contribution in [2.24, 2.45) is 5.73 Å². The minimum Gasteiger partial charge on any atom is -0.366 e. The van der Waals surface area contributed by atoms with Gasteiger partial charge in [0.05, 0.1) is 27.6 Å². The molecular weight excluding hydrogens is 457 g/mol. The van der Waals surface area contributed by atoms with E-state index in [0.29, 0.717) is 22.0 Å². The summed E-state index contributed by atoms with van der Waals surface area (Å²) >= 11 is 13.2. The highest BCUT2D eigenvalue weighted by Crippen LogP contribution is 2.25. The Balaban J connectivity index is 1.61. The topological polar surface area (TPSA) is 101 Å². The van der Waals surface area contributed by atoms with Crippen molar-refractivity contribution in [3.8, 4) is 0 Å². The van der Waals surface area contributed by atoms with Crippen LogP contribution in [0.5, 0.6) is 0 Å². The molecule has 3 aromatic rings. The smallest absolute Gasteiger partial charge is 0.257 e. The predicted octanol–water partition coefficient (Wildman–Crippen LogP) is 5.08. The number of anilines is 2. The van der Waals surface area contributed by atoms with Gasteiger partial charge in [-0.15, -0.1) is 11.8 Å². The number of hydrogen-bond acceptors (Lipinski definition) is 4. The second kappa shape index (κ2) is 10.3. The maximum atomic E-state index is 12.5. The minimum absolute atomic E-state index is 0.105. The molecule has 0 aliphatic carbocycles. The van der Waals surface area contributed by atoms with Crippen molar-refractivity contribution in [1.82, 2.24) is 0 Å². The lowest BCUT2D eigenvalue weighted by molar-refractivity contribution is -0.113. The van der Waals surface area contributed by atoms with Crippen LogP contribution in [0.25, 0.3) is 0 Å². The molecular formula is C22H17Cl2N3O3S. The van der Waals surface area contributed by atoms with E-state index in [2.05, 4.69) is 10.6 Å². The maximum Gasteiger partial charge on any atom is 0.257 e. The van der Waals surface area contributed by atoms with Gasteiger partial charge in [0, 0.05) is 15.6 Å². The molecule has 3 aromatic carbocycles. The van der Waals surface area contributed by atoms with Crippen LogP contribution in [0.1, 0.15) is 20.7 Å². The Bertz CT molecular complexity index is 1150. The highest BCUT2D eigenvalue weighted by molar-refractivity contribution is 8.00. The van der Waals surface area contributed by atoms with E-state index in [1.807, 2.05) is 6.07 Å². The number of carbonyl (C=O) groups is 3. The summed E-state index contributed by atoms with van der Waals surface area (Å²) in [4.78, 5) is 37.0. The molecule has 0 aliphatic heterocycles. The van der Waals surface area contributed by atoms with Crippen LogP contribution in [-0.4, -0.2) is 23.5 Å². The molecule has 0 aromatic heterocycles. The summed E-state index contributed by atoms with van der Waals surface area (Å²) in [6, 6.07) is 18.2. The number of primary amides is 1. The number of hydrogen-bond donors (Lipinski definition) is 3.